The van der Waals surface area contributed by atoms with Crippen molar-refractivity contribution in [2.75, 3.05) is 20.6 Å². The molecular weight excluding hydrogens is 188 g/mol. The molecule has 0 fully saturated rings. The Kier molecular flexibility index (Phi) is 3.58. The highest BCUT2D eigenvalue weighted by Gasteiger charge is 2.35. The Morgan fingerprint density at radius 3 is 2.67 bits per heavy atom. The van der Waals surface area contributed by atoms with Crippen molar-refractivity contribution in [1.82, 2.24) is 10.4 Å². The Labute approximate surface area is 92.7 Å². The van der Waals surface area contributed by atoms with Crippen LogP contribution in [0.3, 0.4) is 0 Å². The van der Waals surface area contributed by atoms with Crippen molar-refractivity contribution in [3.05, 3.63) is 24.0 Å². The normalized spacial score (nSPS) is 22.7. The minimum Gasteiger partial charge on any atom is -0.413 e. The molecule has 0 aromatic carbocycles. The molecule has 1 atom stereocenters. The van der Waals surface area contributed by atoms with Gasteiger partial charge in [0.1, 0.15) is 5.76 Å². The lowest BCUT2D eigenvalue weighted by Gasteiger charge is -2.32. The standard InChI is InChI=1S/C12H22N2O/c1-9-11(7-8-14(9)6)12(3,4)10(2)15-13-5/h7,9,13H,2,8H2,1,3-6H3. The van der Waals surface area contributed by atoms with Crippen LogP contribution < -0.4 is 5.48 Å². The van der Waals surface area contributed by atoms with Gasteiger partial charge in [-0.15, -0.1) is 0 Å². The Bertz CT molecular complexity index is 281. The molecule has 0 saturated heterocycles. The van der Waals surface area contributed by atoms with Crippen LogP contribution in [0.1, 0.15) is 20.8 Å². The number of rotatable bonds is 4. The van der Waals surface area contributed by atoms with Gasteiger partial charge < -0.3 is 4.84 Å². The van der Waals surface area contributed by atoms with Gasteiger partial charge in [0.25, 0.3) is 0 Å². The van der Waals surface area contributed by atoms with Gasteiger partial charge in [0, 0.05) is 25.0 Å². The van der Waals surface area contributed by atoms with Gasteiger partial charge in [-0.2, -0.15) is 5.48 Å². The van der Waals surface area contributed by atoms with Crippen LogP contribution >= 0.6 is 0 Å². The second-order valence-electron chi connectivity index (χ2n) is 4.63. The van der Waals surface area contributed by atoms with Gasteiger partial charge in [0.2, 0.25) is 0 Å². The molecule has 3 nitrogen and oxygen atoms in total. The molecule has 3 heteroatoms. The molecule has 0 bridgehead atoms. The van der Waals surface area contributed by atoms with Crippen LogP contribution in [0.5, 0.6) is 0 Å². The molecule has 1 aliphatic heterocycles. The van der Waals surface area contributed by atoms with Crippen LogP contribution in [0.4, 0.5) is 0 Å². The van der Waals surface area contributed by atoms with Gasteiger partial charge in [0.15, 0.2) is 0 Å². The molecule has 1 aliphatic rings. The molecule has 1 unspecified atom stereocenters. The molecule has 0 amide bonds. The Balaban J connectivity index is 2.82. The number of nitrogens with one attached hydrogen (secondary N) is 1. The van der Waals surface area contributed by atoms with Crippen LogP contribution in [0, 0.1) is 5.41 Å². The highest BCUT2D eigenvalue weighted by molar-refractivity contribution is 5.30. The third-order valence-electron chi connectivity index (χ3n) is 3.35. The number of hydroxylamine groups is 1. The third kappa shape index (κ3) is 2.24. The van der Waals surface area contributed by atoms with Crippen molar-refractivity contribution in [3.8, 4) is 0 Å². The van der Waals surface area contributed by atoms with E-state index in [2.05, 4.69) is 50.9 Å². The largest absolute Gasteiger partial charge is 0.413 e. The van der Waals surface area contributed by atoms with Crippen molar-refractivity contribution in [3.63, 3.8) is 0 Å². The zero-order valence-electron chi connectivity index (χ0n) is 10.4. The van der Waals surface area contributed by atoms with E-state index < -0.39 is 0 Å². The average Bonchev–Trinajstić information content (AvgIpc) is 2.48. The fourth-order valence-corrected chi connectivity index (χ4v) is 2.00. The van der Waals surface area contributed by atoms with E-state index in [0.29, 0.717) is 6.04 Å². The zero-order chi connectivity index (χ0) is 11.6. The minimum absolute atomic E-state index is 0.118. The van der Waals surface area contributed by atoms with E-state index in [-0.39, 0.29) is 5.41 Å². The average molecular weight is 210 g/mol. The summed E-state index contributed by atoms with van der Waals surface area (Å²) in [6.45, 7) is 11.5. The molecular formula is C12H22N2O. The number of nitrogens with zero attached hydrogens (tertiary/aromatic N) is 1. The van der Waals surface area contributed by atoms with Crippen molar-refractivity contribution in [2.45, 2.75) is 26.8 Å². The lowest BCUT2D eigenvalue weighted by Crippen LogP contribution is -2.32. The summed E-state index contributed by atoms with van der Waals surface area (Å²) in [5.41, 5.74) is 3.94. The number of likely N-dealkylation sites (N-methyl/N-ethyl adjacent to an activating group) is 1. The smallest absolute Gasteiger partial charge is 0.126 e. The van der Waals surface area contributed by atoms with Gasteiger partial charge in [-0.1, -0.05) is 12.7 Å². The number of hydrogen-bond acceptors (Lipinski definition) is 3. The predicted octanol–water partition coefficient (Wildman–Crippen LogP) is 1.94. The van der Waals surface area contributed by atoms with Gasteiger partial charge in [-0.05, 0) is 33.4 Å². The third-order valence-corrected chi connectivity index (χ3v) is 3.35. The van der Waals surface area contributed by atoms with Crippen molar-refractivity contribution in [1.29, 1.82) is 0 Å². The summed E-state index contributed by atoms with van der Waals surface area (Å²) in [6.07, 6.45) is 2.27. The molecule has 1 heterocycles. The van der Waals surface area contributed by atoms with Gasteiger partial charge >= 0.3 is 0 Å². The molecule has 15 heavy (non-hydrogen) atoms. The fraction of sp³-hybridized carbons (Fsp3) is 0.667. The summed E-state index contributed by atoms with van der Waals surface area (Å²) in [7, 11) is 3.88. The molecule has 0 aromatic rings. The predicted molar refractivity (Wildman–Crippen MR) is 63.2 cm³/mol. The highest BCUT2D eigenvalue weighted by Crippen LogP contribution is 2.39. The molecule has 0 spiro atoms. The lowest BCUT2D eigenvalue weighted by atomic mass is 9.80. The van der Waals surface area contributed by atoms with Crippen molar-refractivity contribution < 1.29 is 4.84 Å². The lowest BCUT2D eigenvalue weighted by molar-refractivity contribution is 0.0853. The number of hydrogen-bond donors (Lipinski definition) is 1. The summed E-state index contributed by atoms with van der Waals surface area (Å²) < 4.78 is 0. The first-order chi connectivity index (χ1) is 6.91. The van der Waals surface area contributed by atoms with E-state index in [9.17, 15) is 0 Å². The first-order valence-electron chi connectivity index (χ1n) is 5.35. The maximum absolute atomic E-state index is 5.30. The summed E-state index contributed by atoms with van der Waals surface area (Å²) in [5, 5.41) is 0. The van der Waals surface area contributed by atoms with Gasteiger partial charge in [0.05, 0.1) is 0 Å². The molecule has 1 N–H and O–H groups in total. The van der Waals surface area contributed by atoms with Crippen LogP contribution in [-0.2, 0) is 4.84 Å². The van der Waals surface area contributed by atoms with Crippen molar-refractivity contribution in [2.24, 2.45) is 5.41 Å². The Hall–Kier alpha value is -0.800. The minimum atomic E-state index is -0.118. The van der Waals surface area contributed by atoms with Crippen LogP contribution in [0.15, 0.2) is 24.0 Å². The Morgan fingerprint density at radius 2 is 2.27 bits per heavy atom. The molecule has 0 aliphatic carbocycles. The van der Waals surface area contributed by atoms with E-state index in [1.54, 1.807) is 7.05 Å². The summed E-state index contributed by atoms with van der Waals surface area (Å²) >= 11 is 0. The zero-order valence-corrected chi connectivity index (χ0v) is 10.4. The van der Waals surface area contributed by atoms with E-state index in [1.807, 2.05) is 0 Å². The van der Waals surface area contributed by atoms with Crippen LogP contribution in [0.25, 0.3) is 0 Å². The first kappa shape index (κ1) is 12.3. The second-order valence-corrected chi connectivity index (χ2v) is 4.63. The van der Waals surface area contributed by atoms with E-state index in [4.69, 9.17) is 4.84 Å². The van der Waals surface area contributed by atoms with E-state index in [1.165, 1.54) is 5.57 Å². The maximum Gasteiger partial charge on any atom is 0.126 e. The molecule has 0 saturated carbocycles. The van der Waals surface area contributed by atoms with Gasteiger partial charge in [-0.3, -0.25) is 4.90 Å². The SMILES string of the molecule is C=C(ONC)C(C)(C)C1=CCN(C)C1C. The van der Waals surface area contributed by atoms with Crippen LogP contribution in [-0.4, -0.2) is 31.6 Å². The van der Waals surface area contributed by atoms with Gasteiger partial charge in [-0.25, -0.2) is 0 Å². The molecule has 1 rings (SSSR count). The number of allylic oxidation sites excluding steroid dienone is 1. The monoisotopic (exact) mass is 210 g/mol. The highest BCUT2D eigenvalue weighted by atomic mass is 16.6. The first-order valence-corrected chi connectivity index (χ1v) is 5.35. The Morgan fingerprint density at radius 1 is 1.67 bits per heavy atom. The molecule has 0 radical (unpaired) electrons. The molecule has 0 aromatic heterocycles. The van der Waals surface area contributed by atoms with E-state index >= 15 is 0 Å². The summed E-state index contributed by atoms with van der Waals surface area (Å²) in [5.74, 6) is 0.762. The maximum atomic E-state index is 5.30. The second kappa shape index (κ2) is 4.37. The topological polar surface area (TPSA) is 24.5 Å². The van der Waals surface area contributed by atoms with Crippen LogP contribution in [0.2, 0.25) is 0 Å². The van der Waals surface area contributed by atoms with E-state index in [0.717, 1.165) is 12.3 Å². The summed E-state index contributed by atoms with van der Waals surface area (Å²) in [4.78, 5) is 7.61. The quantitative estimate of drug-likeness (QED) is 0.436. The molecule has 86 valence electrons. The summed E-state index contributed by atoms with van der Waals surface area (Å²) in [6, 6.07) is 0.456. The fourth-order valence-electron chi connectivity index (χ4n) is 2.00. The van der Waals surface area contributed by atoms with Crippen molar-refractivity contribution >= 4 is 0 Å².